The van der Waals surface area contributed by atoms with Gasteiger partial charge >= 0.3 is 0 Å². The van der Waals surface area contributed by atoms with Crippen molar-refractivity contribution in [2.75, 3.05) is 0 Å². The van der Waals surface area contributed by atoms with Crippen LogP contribution in [0.25, 0.3) is 195 Å². The smallest absolute Gasteiger partial charge is 0.164 e. The Morgan fingerprint density at radius 2 is 0.333 bits per heavy atom. The average Bonchev–Trinajstić information content (AvgIpc) is 1.45. The molecule has 2 unspecified atom stereocenters. The van der Waals surface area contributed by atoms with Gasteiger partial charge < -0.3 is 4.57 Å². The zero-order chi connectivity index (χ0) is 88.4. The monoisotopic (exact) mass is 1710 g/mol. The summed E-state index contributed by atoms with van der Waals surface area (Å²) in [5.41, 5.74) is 30.5. The van der Waals surface area contributed by atoms with Crippen molar-refractivity contribution in [1.82, 2.24) is 49.4 Å². The van der Waals surface area contributed by atoms with E-state index in [1.54, 1.807) is 0 Å². The molecule has 4 heterocycles. The van der Waals surface area contributed by atoms with Crippen LogP contribution in [-0.2, 0) is 21.7 Å². The Bertz CT molecular complexity index is 8610. The summed E-state index contributed by atoms with van der Waals surface area (Å²) < 4.78 is 2.49. The predicted molar refractivity (Wildman–Crippen MR) is 542 cm³/mol. The molecule has 0 radical (unpaired) electrons. The highest BCUT2D eigenvalue weighted by Gasteiger charge is 2.71. The van der Waals surface area contributed by atoms with E-state index in [9.17, 15) is 0 Å². The van der Waals surface area contributed by atoms with E-state index in [0.29, 0.717) is 52.4 Å². The molecule has 0 aliphatic heterocycles. The van der Waals surface area contributed by atoms with E-state index in [-0.39, 0.29) is 0 Å². The van der Waals surface area contributed by atoms with Crippen LogP contribution in [0.4, 0.5) is 0 Å². The number of benzene rings is 20. The number of para-hydroxylation sites is 2. The Hall–Kier alpha value is -17.7. The molecule has 0 bridgehead atoms. The van der Waals surface area contributed by atoms with Gasteiger partial charge in [0.15, 0.2) is 52.4 Å². The molecule has 135 heavy (non-hydrogen) atoms. The first-order valence-electron chi connectivity index (χ1n) is 46.2. The first kappa shape index (κ1) is 75.1. The van der Waals surface area contributed by atoms with Crippen LogP contribution in [0, 0.1) is 0 Å². The zero-order valence-corrected chi connectivity index (χ0v) is 72.7. The molecule has 10 nitrogen and oxygen atoms in total. The minimum atomic E-state index is -0.647. The average molecular weight is 1720 g/mol. The van der Waals surface area contributed by atoms with E-state index in [1.807, 2.05) is 109 Å². The van der Waals surface area contributed by atoms with Crippen LogP contribution in [0.1, 0.15) is 66.8 Å². The molecule has 624 valence electrons. The molecule has 0 saturated heterocycles. The molecule has 2 atom stereocenters. The first-order valence-corrected chi connectivity index (χ1v) is 46.2. The Morgan fingerprint density at radius 1 is 0.133 bits per heavy atom. The van der Waals surface area contributed by atoms with Crippen LogP contribution < -0.4 is 0 Å². The largest absolute Gasteiger partial charge is 0.309 e. The Morgan fingerprint density at radius 3 is 0.615 bits per heavy atom. The van der Waals surface area contributed by atoms with Crippen LogP contribution in [0.2, 0.25) is 0 Å². The van der Waals surface area contributed by atoms with Gasteiger partial charge in [-0.1, -0.05) is 431 Å². The summed E-state index contributed by atoms with van der Waals surface area (Å²) >= 11 is 0. The lowest BCUT2D eigenvalue weighted by atomic mass is 9.50. The molecule has 10 heteroatoms. The van der Waals surface area contributed by atoms with E-state index in [2.05, 4.69) is 344 Å². The molecule has 30 rings (SSSR count). The van der Waals surface area contributed by atoms with Crippen LogP contribution in [-0.4, -0.2) is 49.4 Å². The summed E-state index contributed by atoms with van der Waals surface area (Å²) in [5, 5.41) is 12.2. The van der Waals surface area contributed by atoms with Crippen molar-refractivity contribution in [1.29, 1.82) is 0 Å². The fraction of sp³-hybridized carbons (Fsp3) is 0.0320. The highest BCUT2D eigenvalue weighted by atomic mass is 15.1. The third-order valence-electron chi connectivity index (χ3n) is 30.0. The number of aromatic nitrogens is 10. The summed E-state index contributed by atoms with van der Waals surface area (Å²) in [7, 11) is 0. The van der Waals surface area contributed by atoms with Crippen LogP contribution >= 0.6 is 0 Å². The number of rotatable bonds is 10. The predicted octanol–water partition coefficient (Wildman–Crippen LogP) is 28.6. The summed E-state index contributed by atoms with van der Waals surface area (Å²) in [6.07, 6.45) is 0. The maximum absolute atomic E-state index is 5.28. The summed E-state index contributed by atoms with van der Waals surface area (Å²) in [6.45, 7) is 0. The molecular formula is C125H74N10. The number of hydrogen-bond donors (Lipinski definition) is 0. The Labute approximate surface area is 776 Å². The maximum Gasteiger partial charge on any atom is 0.164 e. The first-order chi connectivity index (χ1) is 67.0. The third-order valence-corrected chi connectivity index (χ3v) is 30.0. The Kier molecular flexibility index (Phi) is 15.8. The van der Waals surface area contributed by atoms with E-state index >= 15 is 0 Å². The molecule has 0 fully saturated rings. The van der Waals surface area contributed by atoms with Gasteiger partial charge in [-0.2, -0.15) is 0 Å². The van der Waals surface area contributed by atoms with Gasteiger partial charge in [-0.25, -0.2) is 44.9 Å². The summed E-state index contributed by atoms with van der Waals surface area (Å²) in [5.74, 6) is 5.81. The van der Waals surface area contributed by atoms with Gasteiger partial charge in [-0.05, 0) is 145 Å². The molecule has 6 aliphatic carbocycles. The van der Waals surface area contributed by atoms with Gasteiger partial charge in [-0.3, -0.25) is 0 Å². The number of fused-ring (bicyclic) bond motifs is 9. The standard InChI is InChI=1S/C64H38N6.C61H36N4/c1-5-19-39(20-6-1)57-65-58(40-21-7-2-8-22-40)68-61(67-57)47-35-37-53-55-45(47)29-17-33-51(55)63-49-31-15-13-27-43(49)44-28-14-16-32-50(44)64(53,63)54-38-36-48(46-30-18-34-52(63)56(46)54)62-69-59(41-23-9-3-10-24-41)66-60(70-62)42-25-11-4-12-26-42;1-3-17-37(18-4-1)57-62-58(38-19-5-2-6-20-38)64-59(63-57)44-33-34-50-55-43(44)25-15-29-48(55)60-46-27-11-7-21-39(46)40-22-8-12-28-47(40)61(50,60)51-35-36-54(45-26-16-30-49(60)56(45)51)65-52-31-13-9-23-41(52)42-24-10-14-32-53(42)65/h1-38H;1-36H. The SMILES string of the molecule is c1ccc(-c2nc(-c3ccccc3)nc(-c3ccc4c5c(cccc35)C35c6ccccc6-c6ccccc6C43c3ccc(-c4nc(-c6ccccc6)nc(-c6ccccc6)n4)c4cccc5c34)n2)cc1.c1ccc(-c2nc(-c3ccccc3)nc(-c3ccc4c5c(cccc35)C35c6ccccc6-c6ccccc6C43c3ccc(-n4c6ccccc6c6ccccc64)c4cccc5c34)n2)cc1. The van der Waals surface area contributed by atoms with Crippen LogP contribution in [0.3, 0.4) is 0 Å². The summed E-state index contributed by atoms with van der Waals surface area (Å²) in [6, 6.07) is 162. The molecule has 0 N–H and O–H groups in total. The Balaban J connectivity index is 0.000000132. The van der Waals surface area contributed by atoms with E-state index in [1.165, 1.54) is 143 Å². The normalized spacial score (nSPS) is 17.0. The lowest BCUT2D eigenvalue weighted by Gasteiger charge is -2.50. The van der Waals surface area contributed by atoms with E-state index in [0.717, 1.165) is 66.2 Å². The second-order valence-electron chi connectivity index (χ2n) is 36.2. The number of nitrogens with zero attached hydrogens (tertiary/aromatic N) is 10. The molecule has 6 aliphatic rings. The van der Waals surface area contributed by atoms with E-state index in [4.69, 9.17) is 44.9 Å². The second-order valence-corrected chi connectivity index (χ2v) is 36.2. The minimum Gasteiger partial charge on any atom is -0.309 e. The van der Waals surface area contributed by atoms with Crippen LogP contribution in [0.15, 0.2) is 449 Å². The molecule has 24 aromatic rings. The summed E-state index contributed by atoms with van der Waals surface area (Å²) in [4.78, 5) is 46.9. The van der Waals surface area contributed by atoms with Gasteiger partial charge in [-0.15, -0.1) is 0 Å². The van der Waals surface area contributed by atoms with Gasteiger partial charge in [0.2, 0.25) is 0 Å². The molecule has 4 aromatic heterocycles. The topological polar surface area (TPSA) is 121 Å². The molecule has 0 spiro atoms. The fourth-order valence-electron chi connectivity index (χ4n) is 25.2. The molecule has 0 saturated carbocycles. The van der Waals surface area contributed by atoms with Crippen molar-refractivity contribution < 1.29 is 0 Å². The second kappa shape index (κ2) is 28.4. The lowest BCUT2D eigenvalue weighted by Crippen LogP contribution is -2.48. The van der Waals surface area contributed by atoms with Crippen molar-refractivity contribution in [3.63, 3.8) is 0 Å². The molecule has 0 amide bonds. The van der Waals surface area contributed by atoms with Gasteiger partial charge in [0, 0.05) is 66.2 Å². The quantitative estimate of drug-likeness (QED) is 0.132. The fourth-order valence-corrected chi connectivity index (χ4v) is 25.2. The maximum atomic E-state index is 5.28. The highest BCUT2D eigenvalue weighted by molar-refractivity contribution is 6.18. The lowest BCUT2D eigenvalue weighted by molar-refractivity contribution is 0.461. The van der Waals surface area contributed by atoms with Crippen molar-refractivity contribution >= 4 is 64.9 Å². The zero-order valence-electron chi connectivity index (χ0n) is 72.7. The van der Waals surface area contributed by atoms with Crippen LogP contribution in [0.5, 0.6) is 0 Å². The van der Waals surface area contributed by atoms with Crippen molar-refractivity contribution in [3.8, 4) is 130 Å². The third kappa shape index (κ3) is 9.97. The van der Waals surface area contributed by atoms with E-state index < -0.39 is 21.7 Å². The number of hydrogen-bond acceptors (Lipinski definition) is 9. The highest BCUT2D eigenvalue weighted by Crippen LogP contribution is 2.78. The van der Waals surface area contributed by atoms with Crippen molar-refractivity contribution in [2.24, 2.45) is 0 Å². The van der Waals surface area contributed by atoms with Gasteiger partial charge in [0.25, 0.3) is 0 Å². The van der Waals surface area contributed by atoms with Gasteiger partial charge in [0.05, 0.1) is 38.4 Å². The molecular weight excluding hydrogens is 1640 g/mol. The van der Waals surface area contributed by atoms with Crippen molar-refractivity contribution in [3.05, 3.63) is 516 Å². The van der Waals surface area contributed by atoms with Crippen molar-refractivity contribution in [2.45, 2.75) is 21.7 Å². The van der Waals surface area contributed by atoms with Gasteiger partial charge in [0.1, 0.15) is 0 Å². The minimum absolute atomic E-state index is 0.580. The molecule has 20 aromatic carbocycles.